The Morgan fingerprint density at radius 3 is 2.52 bits per heavy atom. The van der Waals surface area contributed by atoms with Crippen molar-refractivity contribution in [3.8, 4) is 5.95 Å². The second-order valence-corrected chi connectivity index (χ2v) is 7.57. The van der Waals surface area contributed by atoms with Crippen molar-refractivity contribution in [3.05, 3.63) is 81.7 Å². The number of rotatable bonds is 8. The molecule has 0 saturated heterocycles. The summed E-state index contributed by atoms with van der Waals surface area (Å²) in [6, 6.07) is 18.0. The van der Waals surface area contributed by atoms with Crippen LogP contribution >= 0.6 is 11.6 Å². The first kappa shape index (κ1) is 21.1. The molecule has 0 amide bonds. The van der Waals surface area contributed by atoms with Crippen LogP contribution in [0.4, 0.5) is 5.69 Å². The van der Waals surface area contributed by atoms with Gasteiger partial charge >= 0.3 is 0 Å². The first-order valence-corrected chi connectivity index (χ1v) is 10.8. The molecule has 0 unspecified atom stereocenters. The van der Waals surface area contributed by atoms with Crippen LogP contribution in [0.1, 0.15) is 25.5 Å². The van der Waals surface area contributed by atoms with Gasteiger partial charge in [0.1, 0.15) is 5.02 Å². The fraction of sp³-hybridized carbons (Fsp3) is 0.261. The number of aromatic nitrogens is 4. The maximum Gasteiger partial charge on any atom is 0.295 e. The number of aromatic amines is 1. The third kappa shape index (κ3) is 4.33. The van der Waals surface area contributed by atoms with Gasteiger partial charge in [-0.25, -0.2) is 4.98 Å². The van der Waals surface area contributed by atoms with E-state index in [-0.39, 0.29) is 11.1 Å². The zero-order valence-electron chi connectivity index (χ0n) is 17.5. The van der Waals surface area contributed by atoms with Crippen molar-refractivity contribution >= 4 is 28.3 Å². The lowest BCUT2D eigenvalue weighted by molar-refractivity contribution is 0.228. The van der Waals surface area contributed by atoms with E-state index < -0.39 is 5.56 Å². The molecule has 31 heavy (non-hydrogen) atoms. The minimum atomic E-state index is -0.426. The summed E-state index contributed by atoms with van der Waals surface area (Å²) in [5.74, 6) is 0.338. The molecule has 0 aliphatic heterocycles. The molecule has 0 saturated carbocycles. The van der Waals surface area contributed by atoms with Crippen LogP contribution in [-0.4, -0.2) is 44.3 Å². The van der Waals surface area contributed by atoms with Gasteiger partial charge in [0.15, 0.2) is 0 Å². The van der Waals surface area contributed by atoms with E-state index in [9.17, 15) is 4.79 Å². The Balaban J connectivity index is 1.60. The molecule has 8 heteroatoms. The molecule has 2 heterocycles. The van der Waals surface area contributed by atoms with Gasteiger partial charge < -0.3 is 10.3 Å². The lowest BCUT2D eigenvalue weighted by Crippen LogP contribution is -2.33. The van der Waals surface area contributed by atoms with Crippen LogP contribution in [0.15, 0.2) is 65.6 Å². The van der Waals surface area contributed by atoms with E-state index in [4.69, 9.17) is 11.6 Å². The number of hydrogen-bond acceptors (Lipinski definition) is 5. The van der Waals surface area contributed by atoms with Crippen molar-refractivity contribution in [2.24, 2.45) is 0 Å². The van der Waals surface area contributed by atoms with Gasteiger partial charge in [0.25, 0.3) is 5.56 Å². The second kappa shape index (κ2) is 9.32. The molecule has 1 atom stereocenters. The Hall–Kier alpha value is -3.16. The van der Waals surface area contributed by atoms with Crippen molar-refractivity contribution in [3.63, 3.8) is 0 Å². The van der Waals surface area contributed by atoms with Crippen LogP contribution < -0.4 is 10.9 Å². The highest BCUT2D eigenvalue weighted by molar-refractivity contribution is 6.32. The predicted molar refractivity (Wildman–Crippen MR) is 125 cm³/mol. The number of para-hydroxylation sites is 2. The average Bonchev–Trinajstić information content (AvgIpc) is 3.23. The standard InChI is InChI=1S/C23H25ClN6O/c1-3-29(4-2)20(16-10-6-5-7-11-16)15-25-19-14-26-30(22(31)21(19)24)23-27-17-12-8-9-13-18(17)28-23/h5-14,20,25H,3-4,15H2,1-2H3,(H,27,28)/t20-/m0/s1. The van der Waals surface area contributed by atoms with Crippen molar-refractivity contribution in [1.29, 1.82) is 0 Å². The summed E-state index contributed by atoms with van der Waals surface area (Å²) < 4.78 is 1.19. The molecule has 0 fully saturated rings. The molecule has 0 aliphatic carbocycles. The van der Waals surface area contributed by atoms with E-state index in [0.29, 0.717) is 18.2 Å². The Bertz CT molecular complexity index is 1180. The fourth-order valence-electron chi connectivity index (χ4n) is 3.75. The van der Waals surface area contributed by atoms with E-state index in [1.54, 1.807) is 6.20 Å². The highest BCUT2D eigenvalue weighted by Gasteiger charge is 2.19. The normalized spacial score (nSPS) is 12.4. The van der Waals surface area contributed by atoms with Crippen LogP contribution in [0, 0.1) is 0 Å². The van der Waals surface area contributed by atoms with Gasteiger partial charge in [-0.2, -0.15) is 9.78 Å². The monoisotopic (exact) mass is 436 g/mol. The number of likely N-dealkylation sites (N-methyl/N-ethyl adjacent to an activating group) is 1. The Kier molecular flexibility index (Phi) is 6.34. The van der Waals surface area contributed by atoms with E-state index in [2.05, 4.69) is 51.3 Å². The number of halogens is 1. The minimum Gasteiger partial charge on any atom is -0.380 e. The molecule has 4 rings (SSSR count). The van der Waals surface area contributed by atoms with Crippen LogP contribution in [0.2, 0.25) is 5.02 Å². The molecule has 2 aromatic carbocycles. The van der Waals surface area contributed by atoms with Gasteiger partial charge in [-0.15, -0.1) is 0 Å². The number of imidazole rings is 1. The second-order valence-electron chi connectivity index (χ2n) is 7.20. The zero-order chi connectivity index (χ0) is 21.8. The molecule has 7 nitrogen and oxygen atoms in total. The lowest BCUT2D eigenvalue weighted by Gasteiger charge is -2.30. The topological polar surface area (TPSA) is 78.8 Å². The molecular formula is C23H25ClN6O. The largest absolute Gasteiger partial charge is 0.380 e. The van der Waals surface area contributed by atoms with Gasteiger partial charge in [-0.05, 0) is 30.8 Å². The SMILES string of the molecule is CCN(CC)[C@@H](CNc1cnn(-c2nc3ccccc3[nH]2)c(=O)c1Cl)c1ccccc1. The van der Waals surface area contributed by atoms with Crippen molar-refractivity contribution in [2.75, 3.05) is 25.0 Å². The Morgan fingerprint density at radius 2 is 1.81 bits per heavy atom. The molecule has 0 spiro atoms. The smallest absolute Gasteiger partial charge is 0.295 e. The highest BCUT2D eigenvalue weighted by Crippen LogP contribution is 2.23. The number of fused-ring (bicyclic) bond motifs is 1. The number of nitrogens with zero attached hydrogens (tertiary/aromatic N) is 4. The summed E-state index contributed by atoms with van der Waals surface area (Å²) in [7, 11) is 0. The first-order valence-electron chi connectivity index (χ1n) is 10.4. The van der Waals surface area contributed by atoms with Crippen LogP contribution in [0.25, 0.3) is 17.0 Å². The summed E-state index contributed by atoms with van der Waals surface area (Å²) >= 11 is 6.43. The maximum absolute atomic E-state index is 12.9. The van der Waals surface area contributed by atoms with Crippen LogP contribution in [-0.2, 0) is 0 Å². The maximum atomic E-state index is 12.9. The van der Waals surface area contributed by atoms with Gasteiger partial charge in [0.2, 0.25) is 5.95 Å². The summed E-state index contributed by atoms with van der Waals surface area (Å²) in [4.78, 5) is 22.8. The van der Waals surface area contributed by atoms with E-state index in [1.807, 2.05) is 42.5 Å². The molecule has 2 N–H and O–H groups in total. The van der Waals surface area contributed by atoms with Crippen molar-refractivity contribution < 1.29 is 0 Å². The fourth-order valence-corrected chi connectivity index (χ4v) is 3.95. The molecule has 0 aliphatic rings. The average molecular weight is 437 g/mol. The lowest BCUT2D eigenvalue weighted by atomic mass is 10.1. The summed E-state index contributed by atoms with van der Waals surface area (Å²) in [5.41, 5.74) is 2.87. The first-order chi connectivity index (χ1) is 15.1. The number of hydrogen-bond donors (Lipinski definition) is 2. The molecular weight excluding hydrogens is 412 g/mol. The molecule has 160 valence electrons. The Morgan fingerprint density at radius 1 is 1.10 bits per heavy atom. The van der Waals surface area contributed by atoms with E-state index >= 15 is 0 Å². The highest BCUT2D eigenvalue weighted by atomic mass is 35.5. The minimum absolute atomic E-state index is 0.0850. The number of benzene rings is 2. The number of H-pyrrole nitrogens is 1. The molecule has 4 aromatic rings. The molecule has 0 radical (unpaired) electrons. The third-order valence-electron chi connectivity index (χ3n) is 5.42. The van der Waals surface area contributed by atoms with Gasteiger partial charge in [0.05, 0.1) is 29.0 Å². The molecule has 2 aromatic heterocycles. The predicted octanol–water partition coefficient (Wildman–Crippen LogP) is 4.26. The Labute approximate surface area is 185 Å². The summed E-state index contributed by atoms with van der Waals surface area (Å²) in [5, 5.41) is 7.70. The van der Waals surface area contributed by atoms with Gasteiger partial charge in [0, 0.05) is 6.54 Å². The van der Waals surface area contributed by atoms with Crippen molar-refractivity contribution in [1.82, 2.24) is 24.6 Å². The summed E-state index contributed by atoms with van der Waals surface area (Å²) in [6.45, 7) is 6.71. The zero-order valence-corrected chi connectivity index (χ0v) is 18.3. The van der Waals surface area contributed by atoms with Gasteiger partial charge in [-0.1, -0.05) is 67.9 Å². The van der Waals surface area contributed by atoms with E-state index in [1.165, 1.54) is 10.2 Å². The van der Waals surface area contributed by atoms with Crippen LogP contribution in [0.5, 0.6) is 0 Å². The summed E-state index contributed by atoms with van der Waals surface area (Å²) in [6.07, 6.45) is 1.57. The van der Waals surface area contributed by atoms with E-state index in [0.717, 1.165) is 24.1 Å². The van der Waals surface area contributed by atoms with Gasteiger partial charge in [-0.3, -0.25) is 9.69 Å². The van der Waals surface area contributed by atoms with Crippen molar-refractivity contribution in [2.45, 2.75) is 19.9 Å². The van der Waals surface area contributed by atoms with Crippen LogP contribution in [0.3, 0.4) is 0 Å². The third-order valence-corrected chi connectivity index (χ3v) is 5.79. The number of anilines is 1. The number of nitrogens with one attached hydrogen (secondary N) is 2. The quantitative estimate of drug-likeness (QED) is 0.431. The molecule has 0 bridgehead atoms.